The number of tetrazole rings is 1. The van der Waals surface area contributed by atoms with Gasteiger partial charge in [-0.3, -0.25) is 4.79 Å². The zero-order valence-corrected chi connectivity index (χ0v) is 18.2. The van der Waals surface area contributed by atoms with Gasteiger partial charge in [0.2, 0.25) is 0 Å². The van der Waals surface area contributed by atoms with Crippen molar-refractivity contribution in [2.75, 3.05) is 13.2 Å². The highest BCUT2D eigenvalue weighted by Crippen LogP contribution is 2.22. The summed E-state index contributed by atoms with van der Waals surface area (Å²) < 4.78 is 12.1. The molecule has 5 rings (SSSR count). The zero-order valence-electron chi connectivity index (χ0n) is 18.2. The normalized spacial score (nSPS) is 13.4. The van der Waals surface area contributed by atoms with Gasteiger partial charge in [-0.05, 0) is 40.1 Å². The number of carbonyl (C=O) groups excluding carboxylic acids is 2. The van der Waals surface area contributed by atoms with Crippen molar-refractivity contribution in [1.82, 2.24) is 25.1 Å². The molecule has 1 aliphatic rings. The summed E-state index contributed by atoms with van der Waals surface area (Å²) in [6.07, 6.45) is 3.74. The number of furan rings is 1. The van der Waals surface area contributed by atoms with Crippen molar-refractivity contribution in [2.24, 2.45) is 0 Å². The van der Waals surface area contributed by atoms with Gasteiger partial charge in [0.25, 0.3) is 5.91 Å². The van der Waals surface area contributed by atoms with E-state index in [2.05, 4.69) is 21.6 Å². The molecule has 0 radical (unpaired) electrons. The fraction of sp³-hybridized carbons (Fsp3) is 0.160. The molecule has 0 saturated carbocycles. The van der Waals surface area contributed by atoms with Crippen molar-refractivity contribution in [3.8, 4) is 11.4 Å². The molecule has 0 atom stereocenters. The van der Waals surface area contributed by atoms with E-state index >= 15 is 0 Å². The number of esters is 1. The molecular weight excluding hydrogens is 434 g/mol. The number of fused-ring (bicyclic) bond motifs is 1. The van der Waals surface area contributed by atoms with Crippen molar-refractivity contribution in [1.29, 1.82) is 0 Å². The standard InChI is InChI=1S/C25H21N5O4/c31-23(29-13-12-18-7-4-5-10-20(18)16-29)17-34-25(32)22(15-21-11-6-14-33-21)30-24(26-27-28-30)19-8-2-1-3-9-19/h1-11,14-15H,12-13,16-17H2/b22-15+. The molecule has 3 heterocycles. The van der Waals surface area contributed by atoms with E-state index in [1.807, 2.05) is 48.5 Å². The largest absolute Gasteiger partial charge is 0.465 e. The Morgan fingerprint density at radius 2 is 1.79 bits per heavy atom. The number of nitrogens with zero attached hydrogens (tertiary/aromatic N) is 5. The minimum atomic E-state index is -0.744. The number of ether oxygens (including phenoxy) is 1. The third-order valence-electron chi connectivity index (χ3n) is 5.57. The highest BCUT2D eigenvalue weighted by molar-refractivity contribution is 6.15. The first-order valence-corrected chi connectivity index (χ1v) is 10.8. The summed E-state index contributed by atoms with van der Waals surface area (Å²) in [6, 6.07) is 20.6. The predicted octanol–water partition coefficient (Wildman–Crippen LogP) is 3.06. The van der Waals surface area contributed by atoms with E-state index in [1.54, 1.807) is 17.0 Å². The van der Waals surface area contributed by atoms with Gasteiger partial charge in [0, 0.05) is 24.7 Å². The quantitative estimate of drug-likeness (QED) is 0.325. The van der Waals surface area contributed by atoms with Crippen LogP contribution >= 0.6 is 0 Å². The topological polar surface area (TPSA) is 103 Å². The number of carbonyl (C=O) groups is 2. The summed E-state index contributed by atoms with van der Waals surface area (Å²) >= 11 is 0. The maximum absolute atomic E-state index is 13.1. The van der Waals surface area contributed by atoms with E-state index in [9.17, 15) is 9.59 Å². The second-order valence-electron chi connectivity index (χ2n) is 7.74. The van der Waals surface area contributed by atoms with Crippen LogP contribution in [-0.2, 0) is 27.3 Å². The molecule has 0 spiro atoms. The number of hydrogen-bond acceptors (Lipinski definition) is 7. The maximum Gasteiger partial charge on any atom is 0.357 e. The average Bonchev–Trinajstić information content (AvgIpc) is 3.58. The smallest absolute Gasteiger partial charge is 0.357 e. The lowest BCUT2D eigenvalue weighted by Crippen LogP contribution is -2.38. The van der Waals surface area contributed by atoms with E-state index in [0.29, 0.717) is 30.2 Å². The third kappa shape index (κ3) is 4.49. The van der Waals surface area contributed by atoms with Gasteiger partial charge < -0.3 is 14.1 Å². The second-order valence-corrected chi connectivity index (χ2v) is 7.74. The number of aromatic nitrogens is 4. The van der Waals surface area contributed by atoms with Gasteiger partial charge in [0.15, 0.2) is 18.1 Å². The summed E-state index contributed by atoms with van der Waals surface area (Å²) in [6.45, 7) is 0.680. The molecule has 1 aliphatic heterocycles. The highest BCUT2D eigenvalue weighted by Gasteiger charge is 2.25. The first-order valence-electron chi connectivity index (χ1n) is 10.8. The van der Waals surface area contributed by atoms with Crippen molar-refractivity contribution in [2.45, 2.75) is 13.0 Å². The first kappa shape index (κ1) is 21.3. The summed E-state index contributed by atoms with van der Waals surface area (Å²) in [5, 5.41) is 11.8. The van der Waals surface area contributed by atoms with Crippen LogP contribution in [0.15, 0.2) is 77.4 Å². The van der Waals surface area contributed by atoms with Crippen LogP contribution in [0.25, 0.3) is 23.2 Å². The summed E-state index contributed by atoms with van der Waals surface area (Å²) in [4.78, 5) is 27.6. The molecule has 9 heteroatoms. The molecule has 4 aromatic rings. The van der Waals surface area contributed by atoms with Gasteiger partial charge in [0.1, 0.15) is 5.76 Å². The number of hydrogen-bond donors (Lipinski definition) is 0. The Hall–Kier alpha value is -4.53. The lowest BCUT2D eigenvalue weighted by molar-refractivity contribution is -0.148. The lowest BCUT2D eigenvalue weighted by atomic mass is 10.00. The Labute approximate surface area is 195 Å². The van der Waals surface area contributed by atoms with Gasteiger partial charge in [-0.1, -0.05) is 54.6 Å². The van der Waals surface area contributed by atoms with Crippen LogP contribution in [0.4, 0.5) is 0 Å². The number of rotatable bonds is 6. The molecule has 0 aliphatic carbocycles. The van der Waals surface area contributed by atoms with Gasteiger partial charge >= 0.3 is 5.97 Å². The van der Waals surface area contributed by atoms with Gasteiger partial charge in [-0.15, -0.1) is 5.10 Å². The summed E-state index contributed by atoms with van der Waals surface area (Å²) in [5.41, 5.74) is 3.08. The third-order valence-corrected chi connectivity index (χ3v) is 5.57. The van der Waals surface area contributed by atoms with E-state index in [4.69, 9.17) is 9.15 Å². The predicted molar refractivity (Wildman–Crippen MR) is 123 cm³/mol. The van der Waals surface area contributed by atoms with E-state index in [-0.39, 0.29) is 18.2 Å². The molecule has 170 valence electrons. The molecule has 9 nitrogen and oxygen atoms in total. The molecule has 0 bridgehead atoms. The van der Waals surface area contributed by atoms with Gasteiger partial charge in [-0.25, -0.2) is 4.79 Å². The Balaban J connectivity index is 1.35. The van der Waals surface area contributed by atoms with Gasteiger partial charge in [0.05, 0.1) is 6.26 Å². The molecule has 0 saturated heterocycles. The van der Waals surface area contributed by atoms with Gasteiger partial charge in [-0.2, -0.15) is 4.68 Å². The molecule has 34 heavy (non-hydrogen) atoms. The molecule has 0 N–H and O–H groups in total. The molecule has 2 aromatic heterocycles. The van der Waals surface area contributed by atoms with Crippen molar-refractivity contribution in [3.05, 3.63) is 89.9 Å². The second kappa shape index (κ2) is 9.53. The van der Waals surface area contributed by atoms with Crippen molar-refractivity contribution in [3.63, 3.8) is 0 Å². The maximum atomic E-state index is 13.1. The summed E-state index contributed by atoms with van der Waals surface area (Å²) in [5.74, 6) is -0.235. The fourth-order valence-corrected chi connectivity index (χ4v) is 3.83. The lowest BCUT2D eigenvalue weighted by Gasteiger charge is -2.28. The van der Waals surface area contributed by atoms with E-state index in [0.717, 1.165) is 12.0 Å². The van der Waals surface area contributed by atoms with Crippen LogP contribution in [0.3, 0.4) is 0 Å². The Morgan fingerprint density at radius 3 is 2.59 bits per heavy atom. The number of amides is 1. The van der Waals surface area contributed by atoms with Crippen LogP contribution in [-0.4, -0.2) is 50.1 Å². The van der Waals surface area contributed by atoms with Crippen LogP contribution in [0.1, 0.15) is 16.9 Å². The highest BCUT2D eigenvalue weighted by atomic mass is 16.5. The van der Waals surface area contributed by atoms with Crippen LogP contribution in [0.2, 0.25) is 0 Å². The first-order chi connectivity index (χ1) is 16.7. The minimum absolute atomic E-state index is 0.0237. The van der Waals surface area contributed by atoms with Crippen LogP contribution < -0.4 is 0 Å². The number of benzene rings is 2. The average molecular weight is 455 g/mol. The van der Waals surface area contributed by atoms with Crippen LogP contribution in [0, 0.1) is 0 Å². The Morgan fingerprint density at radius 1 is 1.00 bits per heavy atom. The molecule has 2 aromatic carbocycles. The summed E-state index contributed by atoms with van der Waals surface area (Å²) in [7, 11) is 0. The van der Waals surface area contributed by atoms with Crippen LogP contribution in [0.5, 0.6) is 0 Å². The molecule has 0 fully saturated rings. The minimum Gasteiger partial charge on any atom is -0.465 e. The molecule has 0 unspecified atom stereocenters. The fourth-order valence-electron chi connectivity index (χ4n) is 3.83. The Kier molecular flexibility index (Phi) is 5.98. The van der Waals surface area contributed by atoms with Crippen molar-refractivity contribution < 1.29 is 18.7 Å². The SMILES string of the molecule is O=C(OCC(=O)N1CCc2ccccc2C1)/C(=C\c1ccco1)n1nnnc1-c1ccccc1. The molecular formula is C25H21N5O4. The Bertz CT molecular complexity index is 1330. The molecule has 1 amide bonds. The van der Waals surface area contributed by atoms with E-state index in [1.165, 1.54) is 22.6 Å². The monoisotopic (exact) mass is 455 g/mol. The van der Waals surface area contributed by atoms with Crippen molar-refractivity contribution >= 4 is 23.6 Å². The zero-order chi connectivity index (χ0) is 23.3. The van der Waals surface area contributed by atoms with E-state index < -0.39 is 5.97 Å².